The lowest BCUT2D eigenvalue weighted by Gasteiger charge is -2.30. The van der Waals surface area contributed by atoms with Gasteiger partial charge in [0.2, 0.25) is 0 Å². The normalized spacial score (nSPS) is 19.4. The Hall–Kier alpha value is -0.870. The smallest absolute Gasteiger partial charge is 0.0522 e. The van der Waals surface area contributed by atoms with Crippen LogP contribution in [0.4, 0.5) is 0 Å². The summed E-state index contributed by atoms with van der Waals surface area (Å²) in [7, 11) is 1.97. The van der Waals surface area contributed by atoms with Gasteiger partial charge in [-0.1, -0.05) is 6.92 Å². The molecular weight excluding hydrogens is 214 g/mol. The molecule has 0 aliphatic carbocycles. The first kappa shape index (κ1) is 12.6. The summed E-state index contributed by atoms with van der Waals surface area (Å²) in [6.07, 6.45) is 7.52. The summed E-state index contributed by atoms with van der Waals surface area (Å²) in [5.74, 6) is 0.740. The lowest BCUT2D eigenvalue weighted by molar-refractivity contribution is 0.0540. The van der Waals surface area contributed by atoms with Gasteiger partial charge in [-0.15, -0.1) is 0 Å². The second-order valence-corrected chi connectivity index (χ2v) is 4.84. The maximum atomic E-state index is 5.44. The van der Waals surface area contributed by atoms with Gasteiger partial charge in [0.05, 0.1) is 6.20 Å². The molecule has 2 heterocycles. The number of aromatic nitrogens is 2. The molecule has 0 spiro atoms. The molecule has 4 heteroatoms. The maximum absolute atomic E-state index is 5.44. The SMILES string of the molecule is CCNC(Cc1cnn(C)c1)C1CCOCC1. The van der Waals surface area contributed by atoms with Crippen molar-refractivity contribution < 1.29 is 4.74 Å². The van der Waals surface area contributed by atoms with E-state index >= 15 is 0 Å². The van der Waals surface area contributed by atoms with Crippen LogP contribution in [0.3, 0.4) is 0 Å². The molecule has 2 rings (SSSR count). The topological polar surface area (TPSA) is 39.1 Å². The number of aryl methyl sites for hydroxylation is 1. The first-order valence-electron chi connectivity index (χ1n) is 6.58. The summed E-state index contributed by atoms with van der Waals surface area (Å²) < 4.78 is 7.32. The van der Waals surface area contributed by atoms with E-state index < -0.39 is 0 Å². The number of likely N-dealkylation sites (N-methyl/N-ethyl adjacent to an activating group) is 1. The van der Waals surface area contributed by atoms with Crippen LogP contribution in [0.2, 0.25) is 0 Å². The van der Waals surface area contributed by atoms with E-state index in [-0.39, 0.29) is 0 Å². The van der Waals surface area contributed by atoms with Crippen molar-refractivity contribution in [1.82, 2.24) is 15.1 Å². The number of rotatable bonds is 5. The van der Waals surface area contributed by atoms with E-state index in [4.69, 9.17) is 4.74 Å². The number of hydrogen-bond donors (Lipinski definition) is 1. The van der Waals surface area contributed by atoms with Gasteiger partial charge in [0.1, 0.15) is 0 Å². The predicted octanol–water partition coefficient (Wildman–Crippen LogP) is 1.37. The van der Waals surface area contributed by atoms with Crippen molar-refractivity contribution >= 4 is 0 Å². The van der Waals surface area contributed by atoms with Crippen molar-refractivity contribution in [2.75, 3.05) is 19.8 Å². The van der Waals surface area contributed by atoms with Gasteiger partial charge in [0.15, 0.2) is 0 Å². The molecule has 96 valence electrons. The van der Waals surface area contributed by atoms with Crippen molar-refractivity contribution in [3.05, 3.63) is 18.0 Å². The molecule has 0 bridgehead atoms. The Morgan fingerprint density at radius 1 is 1.53 bits per heavy atom. The molecule has 1 aromatic rings. The zero-order valence-electron chi connectivity index (χ0n) is 10.9. The van der Waals surface area contributed by atoms with Crippen molar-refractivity contribution in [3.63, 3.8) is 0 Å². The Kier molecular flexibility index (Phi) is 4.57. The first-order valence-corrected chi connectivity index (χ1v) is 6.58. The maximum Gasteiger partial charge on any atom is 0.0522 e. The van der Waals surface area contributed by atoms with Gasteiger partial charge in [-0.25, -0.2) is 0 Å². The van der Waals surface area contributed by atoms with Gasteiger partial charge < -0.3 is 10.1 Å². The van der Waals surface area contributed by atoms with Crippen LogP contribution in [0.25, 0.3) is 0 Å². The van der Waals surface area contributed by atoms with E-state index in [1.807, 2.05) is 17.9 Å². The molecule has 1 aliphatic heterocycles. The van der Waals surface area contributed by atoms with Crippen LogP contribution in [0.15, 0.2) is 12.4 Å². The summed E-state index contributed by atoms with van der Waals surface area (Å²) in [6.45, 7) is 5.04. The van der Waals surface area contributed by atoms with Gasteiger partial charge in [-0.2, -0.15) is 5.10 Å². The van der Waals surface area contributed by atoms with Crippen LogP contribution < -0.4 is 5.32 Å². The summed E-state index contributed by atoms with van der Waals surface area (Å²) in [5, 5.41) is 7.86. The molecule has 0 aromatic carbocycles. The standard InChI is InChI=1S/C13H23N3O/c1-3-14-13(12-4-6-17-7-5-12)8-11-9-15-16(2)10-11/h9-10,12-14H,3-8H2,1-2H3. The number of ether oxygens (including phenoxy) is 1. The Morgan fingerprint density at radius 3 is 2.88 bits per heavy atom. The van der Waals surface area contributed by atoms with Crippen molar-refractivity contribution in [2.24, 2.45) is 13.0 Å². The Bertz CT molecular complexity index is 331. The van der Waals surface area contributed by atoms with Crippen LogP contribution >= 0.6 is 0 Å². The van der Waals surface area contributed by atoms with Crippen LogP contribution in [-0.2, 0) is 18.2 Å². The zero-order chi connectivity index (χ0) is 12.1. The summed E-state index contributed by atoms with van der Waals surface area (Å²) in [5.41, 5.74) is 1.32. The summed E-state index contributed by atoms with van der Waals surface area (Å²) in [6, 6.07) is 0.563. The van der Waals surface area contributed by atoms with Gasteiger partial charge in [0, 0.05) is 32.5 Å². The molecule has 1 N–H and O–H groups in total. The molecule has 1 atom stereocenters. The third kappa shape index (κ3) is 3.54. The first-order chi connectivity index (χ1) is 8.29. The second kappa shape index (κ2) is 6.17. The highest BCUT2D eigenvalue weighted by Crippen LogP contribution is 2.21. The molecule has 1 aromatic heterocycles. The fraction of sp³-hybridized carbons (Fsp3) is 0.769. The fourth-order valence-corrected chi connectivity index (χ4v) is 2.62. The van der Waals surface area contributed by atoms with E-state index in [0.29, 0.717) is 6.04 Å². The highest BCUT2D eigenvalue weighted by molar-refractivity contribution is 5.06. The number of nitrogens with one attached hydrogen (secondary N) is 1. The molecular formula is C13H23N3O. The Morgan fingerprint density at radius 2 is 2.29 bits per heavy atom. The van der Waals surface area contributed by atoms with Crippen molar-refractivity contribution in [1.29, 1.82) is 0 Å². The zero-order valence-corrected chi connectivity index (χ0v) is 10.9. The highest BCUT2D eigenvalue weighted by Gasteiger charge is 2.23. The monoisotopic (exact) mass is 237 g/mol. The van der Waals surface area contributed by atoms with Crippen molar-refractivity contribution in [3.8, 4) is 0 Å². The van der Waals surface area contributed by atoms with E-state index in [1.165, 1.54) is 18.4 Å². The molecule has 1 unspecified atom stereocenters. The third-order valence-electron chi connectivity index (χ3n) is 3.52. The average molecular weight is 237 g/mol. The number of hydrogen-bond acceptors (Lipinski definition) is 3. The van der Waals surface area contributed by atoms with Crippen LogP contribution in [0, 0.1) is 5.92 Å². The molecule has 1 saturated heterocycles. The molecule has 1 aliphatic rings. The largest absolute Gasteiger partial charge is 0.381 e. The fourth-order valence-electron chi connectivity index (χ4n) is 2.62. The van der Waals surface area contributed by atoms with Crippen LogP contribution in [-0.4, -0.2) is 35.6 Å². The second-order valence-electron chi connectivity index (χ2n) is 4.84. The van der Waals surface area contributed by atoms with Crippen LogP contribution in [0.5, 0.6) is 0 Å². The van der Waals surface area contributed by atoms with E-state index in [9.17, 15) is 0 Å². The van der Waals surface area contributed by atoms with Crippen LogP contribution in [0.1, 0.15) is 25.3 Å². The minimum atomic E-state index is 0.563. The molecule has 4 nitrogen and oxygen atoms in total. The van der Waals surface area contributed by atoms with Gasteiger partial charge >= 0.3 is 0 Å². The van der Waals surface area contributed by atoms with Gasteiger partial charge in [0.25, 0.3) is 0 Å². The number of nitrogens with zero attached hydrogens (tertiary/aromatic N) is 2. The lowest BCUT2D eigenvalue weighted by Crippen LogP contribution is -2.40. The summed E-state index contributed by atoms with van der Waals surface area (Å²) >= 11 is 0. The Balaban J connectivity index is 1.95. The molecule has 17 heavy (non-hydrogen) atoms. The van der Waals surface area contributed by atoms with Gasteiger partial charge in [-0.3, -0.25) is 4.68 Å². The minimum Gasteiger partial charge on any atom is -0.381 e. The summed E-state index contributed by atoms with van der Waals surface area (Å²) in [4.78, 5) is 0. The average Bonchev–Trinajstić information content (AvgIpc) is 2.75. The molecule has 1 fully saturated rings. The predicted molar refractivity (Wildman–Crippen MR) is 67.9 cm³/mol. The van der Waals surface area contributed by atoms with Gasteiger partial charge in [-0.05, 0) is 37.3 Å². The highest BCUT2D eigenvalue weighted by atomic mass is 16.5. The molecule has 0 radical (unpaired) electrons. The van der Waals surface area contributed by atoms with Crippen molar-refractivity contribution in [2.45, 2.75) is 32.2 Å². The quantitative estimate of drug-likeness (QED) is 0.840. The minimum absolute atomic E-state index is 0.563. The lowest BCUT2D eigenvalue weighted by atomic mass is 9.88. The van der Waals surface area contributed by atoms with E-state index in [0.717, 1.165) is 32.1 Å². The molecule has 0 amide bonds. The van der Waals surface area contributed by atoms with E-state index in [1.54, 1.807) is 0 Å². The molecule has 0 saturated carbocycles. The van der Waals surface area contributed by atoms with E-state index in [2.05, 4.69) is 23.5 Å². The third-order valence-corrected chi connectivity index (χ3v) is 3.52. The Labute approximate surface area is 103 Å².